The normalized spacial score (nSPS) is 22.8. The minimum absolute atomic E-state index is 0.0931. The summed E-state index contributed by atoms with van der Waals surface area (Å²) < 4.78 is 15.8. The van der Waals surface area contributed by atoms with Gasteiger partial charge >= 0.3 is 0 Å². The molecule has 5 aromatic carbocycles. The Hall–Kier alpha value is -4.04. The maximum Gasteiger partial charge on any atom is 0.147 e. The smallest absolute Gasteiger partial charge is 0.147 e. The predicted molar refractivity (Wildman–Crippen MR) is 213 cm³/mol. The molecule has 2 aliphatic carbocycles. The highest BCUT2D eigenvalue weighted by Crippen LogP contribution is 2.62. The molecule has 0 saturated heterocycles. The van der Waals surface area contributed by atoms with Crippen molar-refractivity contribution in [2.24, 2.45) is 0 Å². The largest absolute Gasteiger partial charge is 0.455 e. The number of benzene rings is 5. The Labute approximate surface area is 318 Å². The van der Waals surface area contributed by atoms with Gasteiger partial charge in [0, 0.05) is 46.7 Å². The number of fused-ring (bicyclic) bond motifs is 7. The monoisotopic (exact) mass is 846 g/mol. The van der Waals surface area contributed by atoms with Crippen molar-refractivity contribution in [3.8, 4) is 23.0 Å². The van der Waals surface area contributed by atoms with E-state index in [0.717, 1.165) is 43.4 Å². The average Bonchev–Trinajstić information content (AvgIpc) is 3.61. The fourth-order valence-electron chi connectivity index (χ4n) is 8.37. The van der Waals surface area contributed by atoms with Crippen molar-refractivity contribution in [2.75, 3.05) is 9.80 Å². The summed E-state index contributed by atoms with van der Waals surface area (Å²) in [6.07, 6.45) is 14.1. The lowest BCUT2D eigenvalue weighted by Crippen LogP contribution is -2.53. The molecule has 4 unspecified atom stereocenters. The Kier molecular flexibility index (Phi) is 8.06. The Morgan fingerprint density at radius 1 is 0.680 bits per heavy atom. The van der Waals surface area contributed by atoms with E-state index in [-0.39, 0.29) is 23.4 Å². The quantitative estimate of drug-likeness (QED) is 0.159. The van der Waals surface area contributed by atoms with Gasteiger partial charge in [-0.15, -0.1) is 0 Å². The lowest BCUT2D eigenvalue weighted by Gasteiger charge is -2.48. The number of allylic oxidation sites excluding steroid dienone is 3. The lowest BCUT2D eigenvalue weighted by atomic mass is 9.69. The van der Waals surface area contributed by atoms with Crippen molar-refractivity contribution >= 4 is 64.9 Å². The highest BCUT2D eigenvalue weighted by atomic mass is 79.9. The minimum Gasteiger partial charge on any atom is -0.455 e. The number of halogens is 3. The number of hydrogen-bond acceptors (Lipinski definition) is 4. The van der Waals surface area contributed by atoms with Crippen LogP contribution in [-0.4, -0.2) is 11.6 Å². The molecular weight excluding hydrogens is 816 g/mol. The standard InChI is InChI=1S/C43H33Br3N2O2/c1-43-24-23-30-29-15-5-9-19-34(29)47(42(30)40(43)31-16-6-10-20-35(31)48(43)27-13-3-2-4-14-27)28-25-38(49-36-21-11-7-17-32(36)44)41(46)39(26-28)50-37-22-12-8-18-33(37)45/h3,5-26,30,40,42H,2,4H2,1H3. The molecule has 248 valence electrons. The number of nitrogens with zero attached hydrogens (tertiary/aromatic N) is 2. The molecule has 0 spiro atoms. The molecule has 0 saturated carbocycles. The lowest BCUT2D eigenvalue weighted by molar-refractivity contribution is 0.374. The summed E-state index contributed by atoms with van der Waals surface area (Å²) in [6.45, 7) is 2.42. The maximum absolute atomic E-state index is 6.68. The van der Waals surface area contributed by atoms with Crippen molar-refractivity contribution in [1.82, 2.24) is 0 Å². The van der Waals surface area contributed by atoms with Gasteiger partial charge in [0.2, 0.25) is 0 Å². The van der Waals surface area contributed by atoms with Crippen LogP contribution in [0.25, 0.3) is 0 Å². The van der Waals surface area contributed by atoms with Gasteiger partial charge in [0.1, 0.15) is 27.5 Å². The molecule has 4 nitrogen and oxygen atoms in total. The van der Waals surface area contributed by atoms with Gasteiger partial charge < -0.3 is 19.3 Å². The zero-order valence-electron chi connectivity index (χ0n) is 27.3. The second kappa shape index (κ2) is 12.6. The van der Waals surface area contributed by atoms with Crippen LogP contribution in [0.3, 0.4) is 0 Å². The molecule has 4 atom stereocenters. The molecular formula is C43H33Br3N2O2. The number of rotatable bonds is 6. The van der Waals surface area contributed by atoms with Gasteiger partial charge in [0.05, 0.1) is 20.5 Å². The molecule has 0 fully saturated rings. The first-order valence-corrected chi connectivity index (χ1v) is 19.3. The Morgan fingerprint density at radius 3 is 1.92 bits per heavy atom. The number of para-hydroxylation sites is 4. The average molecular weight is 849 g/mol. The second-order valence-electron chi connectivity index (χ2n) is 13.3. The Bertz CT molecular complexity index is 2180. The van der Waals surface area contributed by atoms with Gasteiger partial charge in [0.15, 0.2) is 0 Å². The number of anilines is 3. The summed E-state index contributed by atoms with van der Waals surface area (Å²) in [5.74, 6) is 3.13. The molecule has 50 heavy (non-hydrogen) atoms. The van der Waals surface area contributed by atoms with Crippen molar-refractivity contribution in [3.63, 3.8) is 0 Å². The van der Waals surface area contributed by atoms with Crippen LogP contribution < -0.4 is 19.3 Å². The van der Waals surface area contributed by atoms with E-state index in [4.69, 9.17) is 9.47 Å². The van der Waals surface area contributed by atoms with Gasteiger partial charge in [0.25, 0.3) is 0 Å². The summed E-state index contributed by atoms with van der Waals surface area (Å²) in [5, 5.41) is 0. The zero-order chi connectivity index (χ0) is 34.0. The fourth-order valence-corrected chi connectivity index (χ4v) is 9.50. The van der Waals surface area contributed by atoms with E-state index >= 15 is 0 Å². The highest BCUT2D eigenvalue weighted by molar-refractivity contribution is 9.11. The number of hydrogen-bond donors (Lipinski definition) is 0. The van der Waals surface area contributed by atoms with Gasteiger partial charge in [-0.2, -0.15) is 0 Å². The predicted octanol–water partition coefficient (Wildman–Crippen LogP) is 13.3. The summed E-state index contributed by atoms with van der Waals surface area (Å²) in [7, 11) is 0. The summed E-state index contributed by atoms with van der Waals surface area (Å²) in [6, 6.07) is 38.1. The molecule has 0 aromatic heterocycles. The van der Waals surface area contributed by atoms with E-state index < -0.39 is 0 Å². The summed E-state index contributed by atoms with van der Waals surface area (Å²) in [5.41, 5.74) is 7.18. The zero-order valence-corrected chi connectivity index (χ0v) is 32.0. The third-order valence-corrected chi connectivity index (χ3v) is 12.5. The summed E-state index contributed by atoms with van der Waals surface area (Å²) in [4.78, 5) is 5.13. The van der Waals surface area contributed by atoms with Crippen LogP contribution in [0.5, 0.6) is 23.0 Å². The summed E-state index contributed by atoms with van der Waals surface area (Å²) >= 11 is 11.3. The van der Waals surface area contributed by atoms with Gasteiger partial charge in [-0.3, -0.25) is 0 Å². The molecule has 2 heterocycles. The van der Waals surface area contributed by atoms with Gasteiger partial charge in [-0.25, -0.2) is 0 Å². The first kappa shape index (κ1) is 31.9. The van der Waals surface area contributed by atoms with Crippen molar-refractivity contribution in [2.45, 2.75) is 43.2 Å². The van der Waals surface area contributed by atoms with E-state index in [9.17, 15) is 0 Å². The van der Waals surface area contributed by atoms with E-state index in [1.807, 2.05) is 48.5 Å². The van der Waals surface area contributed by atoms with Crippen molar-refractivity contribution in [3.05, 3.63) is 170 Å². The van der Waals surface area contributed by atoms with Crippen LogP contribution in [-0.2, 0) is 0 Å². The molecule has 5 aromatic rings. The van der Waals surface area contributed by atoms with Crippen LogP contribution in [0.15, 0.2) is 159 Å². The fraction of sp³-hybridized carbons (Fsp3) is 0.163. The maximum atomic E-state index is 6.68. The van der Waals surface area contributed by atoms with E-state index in [2.05, 4.69) is 156 Å². The van der Waals surface area contributed by atoms with Crippen molar-refractivity contribution < 1.29 is 9.47 Å². The van der Waals surface area contributed by atoms with Crippen LogP contribution in [0.1, 0.15) is 42.7 Å². The van der Waals surface area contributed by atoms with E-state index in [1.165, 1.54) is 28.2 Å². The van der Waals surface area contributed by atoms with Crippen LogP contribution in [0.4, 0.5) is 17.1 Å². The molecule has 4 aliphatic rings. The topological polar surface area (TPSA) is 24.9 Å². The van der Waals surface area contributed by atoms with Gasteiger partial charge in [-0.05, 0) is 121 Å². The third kappa shape index (κ3) is 5.11. The third-order valence-electron chi connectivity index (χ3n) is 10.4. The molecule has 0 amide bonds. The first-order valence-electron chi connectivity index (χ1n) is 16.9. The number of ether oxygens (including phenoxy) is 2. The van der Waals surface area contributed by atoms with Crippen LogP contribution in [0.2, 0.25) is 0 Å². The molecule has 0 radical (unpaired) electrons. The highest BCUT2D eigenvalue weighted by Gasteiger charge is 2.58. The van der Waals surface area contributed by atoms with Gasteiger partial charge in [-0.1, -0.05) is 85.0 Å². The van der Waals surface area contributed by atoms with Crippen LogP contribution >= 0.6 is 47.8 Å². The minimum atomic E-state index is -0.281. The van der Waals surface area contributed by atoms with E-state index in [0.29, 0.717) is 11.5 Å². The Morgan fingerprint density at radius 2 is 1.28 bits per heavy atom. The molecule has 9 rings (SSSR count). The molecule has 2 aliphatic heterocycles. The van der Waals surface area contributed by atoms with E-state index in [1.54, 1.807) is 0 Å². The molecule has 0 bridgehead atoms. The molecule has 0 N–H and O–H groups in total. The second-order valence-corrected chi connectivity index (χ2v) is 15.8. The SMILES string of the molecule is CC12C=CC3c4ccccc4N(c4cc(Oc5ccccc5Br)c(Br)c(Oc5ccccc5Br)c4)C3C1c1ccccc1N2C1=CCCC=C1. The first-order chi connectivity index (χ1) is 24.4. The molecule has 7 heteroatoms. The van der Waals surface area contributed by atoms with Crippen LogP contribution in [0, 0.1) is 0 Å². The van der Waals surface area contributed by atoms with Crippen molar-refractivity contribution in [1.29, 1.82) is 0 Å². The Balaban J connectivity index is 1.24.